The van der Waals surface area contributed by atoms with Crippen LogP contribution in [0.25, 0.3) is 0 Å². The third-order valence-corrected chi connectivity index (χ3v) is 3.39. The van der Waals surface area contributed by atoms with Gasteiger partial charge in [0.15, 0.2) is 0 Å². The number of likely N-dealkylation sites (N-methyl/N-ethyl adjacent to an activating group) is 1. The van der Waals surface area contributed by atoms with Crippen molar-refractivity contribution in [2.45, 2.75) is 31.4 Å². The lowest BCUT2D eigenvalue weighted by Gasteiger charge is -2.27. The Balaban J connectivity index is 2.20. The Labute approximate surface area is 100 Å². The highest BCUT2D eigenvalue weighted by Gasteiger charge is 2.31. The standard InChI is InChI=1S/C13H18F2N2/c1-17(11-5-6-11)12(8-16)9-3-2-4-10(7-9)13(14)15/h2-4,7,11-13H,5-6,8,16H2,1H3. The molecule has 0 saturated heterocycles. The lowest BCUT2D eigenvalue weighted by atomic mass is 10.0. The Kier molecular flexibility index (Phi) is 3.74. The first-order valence-corrected chi connectivity index (χ1v) is 5.93. The number of nitrogens with zero attached hydrogens (tertiary/aromatic N) is 1. The normalized spacial score (nSPS) is 17.8. The quantitative estimate of drug-likeness (QED) is 0.857. The molecule has 0 spiro atoms. The molecule has 1 atom stereocenters. The van der Waals surface area contributed by atoms with E-state index in [1.807, 2.05) is 13.1 Å². The summed E-state index contributed by atoms with van der Waals surface area (Å²) in [5.41, 5.74) is 6.73. The number of hydrogen-bond acceptors (Lipinski definition) is 2. The fourth-order valence-electron chi connectivity index (χ4n) is 2.18. The maximum Gasteiger partial charge on any atom is 0.263 e. The van der Waals surface area contributed by atoms with Gasteiger partial charge in [-0.1, -0.05) is 18.2 Å². The first kappa shape index (κ1) is 12.5. The van der Waals surface area contributed by atoms with E-state index in [2.05, 4.69) is 4.90 Å². The zero-order chi connectivity index (χ0) is 12.4. The van der Waals surface area contributed by atoms with Crippen LogP contribution in [0.1, 0.15) is 36.4 Å². The first-order valence-electron chi connectivity index (χ1n) is 5.93. The summed E-state index contributed by atoms with van der Waals surface area (Å²) in [4.78, 5) is 2.20. The number of hydrogen-bond donors (Lipinski definition) is 1. The van der Waals surface area contributed by atoms with Crippen LogP contribution in [0, 0.1) is 0 Å². The summed E-state index contributed by atoms with van der Waals surface area (Å²) in [7, 11) is 2.02. The van der Waals surface area contributed by atoms with Gasteiger partial charge < -0.3 is 5.73 Å². The second kappa shape index (κ2) is 5.10. The lowest BCUT2D eigenvalue weighted by molar-refractivity contribution is 0.151. The Morgan fingerprint density at radius 1 is 1.35 bits per heavy atom. The summed E-state index contributed by atoms with van der Waals surface area (Å²) in [6.45, 7) is 0.458. The molecule has 1 unspecified atom stereocenters. The van der Waals surface area contributed by atoms with E-state index in [0.29, 0.717) is 12.6 Å². The van der Waals surface area contributed by atoms with Crippen molar-refractivity contribution in [3.05, 3.63) is 35.4 Å². The molecule has 0 aromatic heterocycles. The van der Waals surface area contributed by atoms with Crippen molar-refractivity contribution >= 4 is 0 Å². The fraction of sp³-hybridized carbons (Fsp3) is 0.538. The summed E-state index contributed by atoms with van der Waals surface area (Å²) in [6.07, 6.45) is -0.0529. The lowest BCUT2D eigenvalue weighted by Crippen LogP contribution is -2.32. The van der Waals surface area contributed by atoms with Crippen LogP contribution in [0.5, 0.6) is 0 Å². The highest BCUT2D eigenvalue weighted by Crippen LogP contribution is 2.33. The SMILES string of the molecule is CN(C1CC1)C(CN)c1cccc(C(F)F)c1. The molecule has 1 saturated carbocycles. The molecule has 2 N–H and O–H groups in total. The summed E-state index contributed by atoms with van der Waals surface area (Å²) in [5.74, 6) is 0. The Morgan fingerprint density at radius 2 is 2.00 bits per heavy atom. The molecule has 1 aliphatic carbocycles. The molecule has 4 heteroatoms. The monoisotopic (exact) mass is 240 g/mol. The van der Waals surface area contributed by atoms with Crippen LogP contribution in [-0.4, -0.2) is 24.5 Å². The van der Waals surface area contributed by atoms with Gasteiger partial charge in [0.05, 0.1) is 0 Å². The van der Waals surface area contributed by atoms with Gasteiger partial charge in [0.2, 0.25) is 0 Å². The van der Waals surface area contributed by atoms with Crippen LogP contribution in [0.15, 0.2) is 24.3 Å². The van der Waals surface area contributed by atoms with E-state index in [-0.39, 0.29) is 11.6 Å². The van der Waals surface area contributed by atoms with Crippen molar-refractivity contribution in [1.82, 2.24) is 4.90 Å². The van der Waals surface area contributed by atoms with Crippen LogP contribution in [0.3, 0.4) is 0 Å². The van der Waals surface area contributed by atoms with Gasteiger partial charge in [0.1, 0.15) is 0 Å². The van der Waals surface area contributed by atoms with Gasteiger partial charge in [-0.2, -0.15) is 0 Å². The van der Waals surface area contributed by atoms with Crippen molar-refractivity contribution in [3.8, 4) is 0 Å². The highest BCUT2D eigenvalue weighted by molar-refractivity contribution is 5.27. The highest BCUT2D eigenvalue weighted by atomic mass is 19.3. The topological polar surface area (TPSA) is 29.3 Å². The fourth-order valence-corrected chi connectivity index (χ4v) is 2.18. The van der Waals surface area contributed by atoms with Crippen LogP contribution >= 0.6 is 0 Å². The minimum absolute atomic E-state index is 0.0428. The van der Waals surface area contributed by atoms with Crippen molar-refractivity contribution in [2.24, 2.45) is 5.73 Å². The molecule has 0 bridgehead atoms. The average Bonchev–Trinajstić information content (AvgIpc) is 3.14. The van der Waals surface area contributed by atoms with Crippen molar-refractivity contribution in [3.63, 3.8) is 0 Å². The summed E-state index contributed by atoms with van der Waals surface area (Å²) < 4.78 is 25.3. The Hall–Kier alpha value is -1.00. The molecule has 2 nitrogen and oxygen atoms in total. The summed E-state index contributed by atoms with van der Waals surface area (Å²) in [5, 5.41) is 0. The number of halogens is 2. The maximum absolute atomic E-state index is 12.6. The molecule has 1 aromatic carbocycles. The molecule has 1 aliphatic rings. The Morgan fingerprint density at radius 3 is 2.53 bits per heavy atom. The third-order valence-electron chi connectivity index (χ3n) is 3.39. The first-order chi connectivity index (χ1) is 8.13. The van der Waals surface area contributed by atoms with Crippen LogP contribution < -0.4 is 5.73 Å². The zero-order valence-electron chi connectivity index (χ0n) is 9.94. The molecule has 1 aromatic rings. The van der Waals surface area contributed by atoms with Gasteiger partial charge in [-0.25, -0.2) is 8.78 Å². The van der Waals surface area contributed by atoms with E-state index in [1.54, 1.807) is 12.1 Å². The zero-order valence-corrected chi connectivity index (χ0v) is 9.94. The van der Waals surface area contributed by atoms with Gasteiger partial charge in [0, 0.05) is 24.2 Å². The third kappa shape index (κ3) is 2.82. The summed E-state index contributed by atoms with van der Waals surface area (Å²) in [6, 6.07) is 7.20. The maximum atomic E-state index is 12.6. The van der Waals surface area contributed by atoms with Gasteiger partial charge in [0.25, 0.3) is 6.43 Å². The molecule has 2 rings (SSSR count). The van der Waals surface area contributed by atoms with E-state index < -0.39 is 6.43 Å². The van der Waals surface area contributed by atoms with Gasteiger partial charge >= 0.3 is 0 Å². The molecular formula is C13H18F2N2. The predicted octanol–water partition coefficient (Wildman–Crippen LogP) is 2.72. The molecule has 94 valence electrons. The van der Waals surface area contributed by atoms with Crippen molar-refractivity contribution in [2.75, 3.05) is 13.6 Å². The number of benzene rings is 1. The van der Waals surface area contributed by atoms with E-state index in [4.69, 9.17) is 5.73 Å². The van der Waals surface area contributed by atoms with E-state index in [1.165, 1.54) is 18.9 Å². The van der Waals surface area contributed by atoms with Crippen LogP contribution in [-0.2, 0) is 0 Å². The smallest absolute Gasteiger partial charge is 0.263 e. The molecule has 0 radical (unpaired) electrons. The van der Waals surface area contributed by atoms with Crippen LogP contribution in [0.4, 0.5) is 8.78 Å². The second-order valence-electron chi connectivity index (χ2n) is 4.62. The Bertz CT molecular complexity index is 377. The predicted molar refractivity (Wildman–Crippen MR) is 64.0 cm³/mol. The molecular weight excluding hydrogens is 222 g/mol. The van der Waals surface area contributed by atoms with Crippen molar-refractivity contribution < 1.29 is 8.78 Å². The van der Waals surface area contributed by atoms with Crippen molar-refractivity contribution in [1.29, 1.82) is 0 Å². The van der Waals surface area contributed by atoms with E-state index in [9.17, 15) is 8.78 Å². The molecule has 0 amide bonds. The largest absolute Gasteiger partial charge is 0.329 e. The minimum Gasteiger partial charge on any atom is -0.329 e. The number of nitrogens with two attached hydrogens (primary N) is 1. The molecule has 1 fully saturated rings. The van der Waals surface area contributed by atoms with Gasteiger partial charge in [-0.05, 0) is 31.5 Å². The van der Waals surface area contributed by atoms with Gasteiger partial charge in [-0.3, -0.25) is 4.90 Å². The second-order valence-corrected chi connectivity index (χ2v) is 4.62. The number of alkyl halides is 2. The molecule has 17 heavy (non-hydrogen) atoms. The van der Waals surface area contributed by atoms with Gasteiger partial charge in [-0.15, -0.1) is 0 Å². The minimum atomic E-state index is -2.42. The number of rotatable bonds is 5. The molecule has 0 heterocycles. The average molecular weight is 240 g/mol. The van der Waals surface area contributed by atoms with E-state index >= 15 is 0 Å². The van der Waals surface area contributed by atoms with Crippen LogP contribution in [0.2, 0.25) is 0 Å². The summed E-state index contributed by atoms with van der Waals surface area (Å²) >= 11 is 0. The molecule has 0 aliphatic heterocycles. The van der Waals surface area contributed by atoms with E-state index in [0.717, 1.165) is 5.56 Å².